The highest BCUT2D eigenvalue weighted by Crippen LogP contribution is 2.39. The minimum Gasteiger partial charge on any atom is -0.357 e. The summed E-state index contributed by atoms with van der Waals surface area (Å²) in [5.41, 5.74) is 5.28. The third kappa shape index (κ3) is 3.09. The van der Waals surface area contributed by atoms with E-state index in [2.05, 4.69) is 80.6 Å². The van der Waals surface area contributed by atoms with Crippen molar-refractivity contribution >= 4 is 5.69 Å². The fraction of sp³-hybridized carbons (Fsp3) is 0.435. The van der Waals surface area contributed by atoms with Crippen molar-refractivity contribution in [1.29, 1.82) is 0 Å². The van der Waals surface area contributed by atoms with Crippen LogP contribution in [-0.4, -0.2) is 26.8 Å². The van der Waals surface area contributed by atoms with Gasteiger partial charge in [-0.25, -0.2) is 4.68 Å². The van der Waals surface area contributed by atoms with Gasteiger partial charge in [-0.15, -0.1) is 5.10 Å². The number of aromatic nitrogens is 4. The van der Waals surface area contributed by atoms with E-state index in [1.807, 2.05) is 0 Å². The number of fused-ring (bicyclic) bond motifs is 1. The maximum Gasteiger partial charge on any atom is 0.178 e. The van der Waals surface area contributed by atoms with Crippen molar-refractivity contribution in [2.75, 3.05) is 11.4 Å². The molecule has 5 rings (SSSR count). The molecule has 1 aliphatic heterocycles. The van der Waals surface area contributed by atoms with Gasteiger partial charge in [-0.2, -0.15) is 0 Å². The van der Waals surface area contributed by atoms with Gasteiger partial charge in [0.1, 0.15) is 6.04 Å². The smallest absolute Gasteiger partial charge is 0.178 e. The van der Waals surface area contributed by atoms with E-state index < -0.39 is 0 Å². The molecule has 0 radical (unpaired) electrons. The lowest BCUT2D eigenvalue weighted by Crippen LogP contribution is -2.36. The molecule has 5 nitrogen and oxygen atoms in total. The van der Waals surface area contributed by atoms with E-state index >= 15 is 0 Å². The Morgan fingerprint density at radius 2 is 1.75 bits per heavy atom. The zero-order valence-corrected chi connectivity index (χ0v) is 16.5. The molecule has 1 aromatic heterocycles. The summed E-state index contributed by atoms with van der Waals surface area (Å²) in [5, 5.41) is 13.1. The van der Waals surface area contributed by atoms with Gasteiger partial charge in [-0.05, 0) is 60.2 Å². The average molecular weight is 374 g/mol. The summed E-state index contributed by atoms with van der Waals surface area (Å²) < 4.78 is 2.12. The molecule has 5 heteroatoms. The van der Waals surface area contributed by atoms with Gasteiger partial charge in [0.25, 0.3) is 0 Å². The number of tetrazole rings is 1. The maximum absolute atomic E-state index is 4.57. The fourth-order valence-electron chi connectivity index (χ4n) is 4.84. The van der Waals surface area contributed by atoms with Crippen LogP contribution in [0.25, 0.3) is 0 Å². The van der Waals surface area contributed by atoms with Crippen LogP contribution < -0.4 is 4.90 Å². The lowest BCUT2D eigenvalue weighted by atomic mass is 9.96. The first-order valence-electron chi connectivity index (χ1n) is 10.5. The lowest BCUT2D eigenvalue weighted by molar-refractivity contribution is 0.426. The largest absolute Gasteiger partial charge is 0.357 e. The van der Waals surface area contributed by atoms with Crippen LogP contribution in [0.5, 0.6) is 0 Å². The SMILES string of the molecule is Cc1ccc([C@@H](c2nnnn2C2CCCC2)N2CCCc3ccccc32)cc1. The van der Waals surface area contributed by atoms with Crippen molar-refractivity contribution in [3.63, 3.8) is 0 Å². The number of nitrogens with zero attached hydrogens (tertiary/aromatic N) is 5. The lowest BCUT2D eigenvalue weighted by Gasteiger charge is -2.38. The molecular formula is C23H27N5. The van der Waals surface area contributed by atoms with E-state index in [0.717, 1.165) is 25.2 Å². The Balaban J connectivity index is 1.63. The van der Waals surface area contributed by atoms with Crippen LogP contribution in [-0.2, 0) is 6.42 Å². The Morgan fingerprint density at radius 1 is 0.964 bits per heavy atom. The van der Waals surface area contributed by atoms with E-state index in [0.29, 0.717) is 6.04 Å². The monoisotopic (exact) mass is 373 g/mol. The first-order chi connectivity index (χ1) is 13.8. The zero-order valence-electron chi connectivity index (χ0n) is 16.5. The molecule has 2 aromatic carbocycles. The third-order valence-electron chi connectivity index (χ3n) is 6.28. The molecule has 0 saturated heterocycles. The van der Waals surface area contributed by atoms with Crippen LogP contribution in [0.1, 0.15) is 66.7 Å². The van der Waals surface area contributed by atoms with Crippen molar-refractivity contribution in [2.24, 2.45) is 0 Å². The molecule has 2 aliphatic rings. The zero-order chi connectivity index (χ0) is 18.9. The molecular weight excluding hydrogens is 346 g/mol. The van der Waals surface area contributed by atoms with Crippen LogP contribution >= 0.6 is 0 Å². The second kappa shape index (κ2) is 7.38. The normalized spacial score (nSPS) is 18.2. The van der Waals surface area contributed by atoms with Gasteiger partial charge in [0.2, 0.25) is 0 Å². The highest BCUT2D eigenvalue weighted by atomic mass is 15.6. The summed E-state index contributed by atoms with van der Waals surface area (Å²) in [4.78, 5) is 2.51. The van der Waals surface area contributed by atoms with Gasteiger partial charge in [0.05, 0.1) is 6.04 Å². The van der Waals surface area contributed by atoms with Crippen molar-refractivity contribution in [3.05, 3.63) is 71.0 Å². The average Bonchev–Trinajstić information content (AvgIpc) is 3.42. The molecule has 1 aliphatic carbocycles. The summed E-state index contributed by atoms with van der Waals surface area (Å²) in [6.07, 6.45) is 7.19. The van der Waals surface area contributed by atoms with Crippen LogP contribution in [0.2, 0.25) is 0 Å². The van der Waals surface area contributed by atoms with Crippen molar-refractivity contribution in [2.45, 2.75) is 57.5 Å². The molecule has 2 heterocycles. The molecule has 1 saturated carbocycles. The highest BCUT2D eigenvalue weighted by Gasteiger charge is 2.33. The van der Waals surface area contributed by atoms with E-state index in [1.165, 1.54) is 48.1 Å². The van der Waals surface area contributed by atoms with Crippen molar-refractivity contribution in [3.8, 4) is 0 Å². The van der Waals surface area contributed by atoms with Gasteiger partial charge in [0.15, 0.2) is 5.82 Å². The van der Waals surface area contributed by atoms with Crippen LogP contribution in [0.15, 0.2) is 48.5 Å². The topological polar surface area (TPSA) is 46.8 Å². The second-order valence-corrected chi connectivity index (χ2v) is 8.16. The standard InChI is InChI=1S/C23H27N5/c1-17-12-14-19(15-13-17)22(23-24-25-26-28(23)20-9-3-4-10-20)27-16-6-8-18-7-2-5-11-21(18)27/h2,5,7,11-15,20,22H,3-4,6,8-10,16H2,1H3/t22-/m0/s1. The summed E-state index contributed by atoms with van der Waals surface area (Å²) in [6.45, 7) is 3.16. The predicted octanol–water partition coefficient (Wildman–Crippen LogP) is 4.64. The first kappa shape index (κ1) is 17.4. The van der Waals surface area contributed by atoms with Gasteiger partial charge < -0.3 is 4.90 Å². The Bertz CT molecular complexity index is 940. The van der Waals surface area contributed by atoms with Crippen molar-refractivity contribution < 1.29 is 0 Å². The van der Waals surface area contributed by atoms with Gasteiger partial charge in [-0.1, -0.05) is 60.9 Å². The summed E-state index contributed by atoms with van der Waals surface area (Å²) >= 11 is 0. The predicted molar refractivity (Wildman–Crippen MR) is 110 cm³/mol. The molecule has 144 valence electrons. The van der Waals surface area contributed by atoms with E-state index in [4.69, 9.17) is 0 Å². The fourth-order valence-corrected chi connectivity index (χ4v) is 4.84. The van der Waals surface area contributed by atoms with Gasteiger partial charge >= 0.3 is 0 Å². The van der Waals surface area contributed by atoms with Crippen LogP contribution in [0.4, 0.5) is 5.69 Å². The third-order valence-corrected chi connectivity index (χ3v) is 6.28. The molecule has 0 amide bonds. The Morgan fingerprint density at radius 3 is 2.57 bits per heavy atom. The molecule has 1 atom stereocenters. The highest BCUT2D eigenvalue weighted by molar-refractivity contribution is 5.58. The molecule has 0 unspecified atom stereocenters. The summed E-state index contributed by atoms with van der Waals surface area (Å²) in [7, 11) is 0. The molecule has 0 N–H and O–H groups in total. The second-order valence-electron chi connectivity index (χ2n) is 8.16. The number of hydrogen-bond donors (Lipinski definition) is 0. The Labute approximate surface area is 166 Å². The number of rotatable bonds is 4. The molecule has 28 heavy (non-hydrogen) atoms. The van der Waals surface area contributed by atoms with E-state index in [1.54, 1.807) is 0 Å². The van der Waals surface area contributed by atoms with Crippen LogP contribution in [0.3, 0.4) is 0 Å². The molecule has 1 fully saturated rings. The minimum atomic E-state index is 0.0395. The number of benzene rings is 2. The summed E-state index contributed by atoms with van der Waals surface area (Å²) in [6, 6.07) is 18.1. The maximum atomic E-state index is 4.57. The Kier molecular flexibility index (Phi) is 4.59. The number of aryl methyl sites for hydroxylation is 2. The quantitative estimate of drug-likeness (QED) is 0.668. The van der Waals surface area contributed by atoms with Gasteiger partial charge in [-0.3, -0.25) is 0 Å². The molecule has 0 bridgehead atoms. The Hall–Kier alpha value is -2.69. The molecule has 0 spiro atoms. The number of para-hydroxylation sites is 1. The van der Waals surface area contributed by atoms with Gasteiger partial charge in [0, 0.05) is 12.2 Å². The van der Waals surface area contributed by atoms with Crippen molar-refractivity contribution in [1.82, 2.24) is 20.2 Å². The minimum absolute atomic E-state index is 0.0395. The molecule has 3 aromatic rings. The van der Waals surface area contributed by atoms with E-state index in [9.17, 15) is 0 Å². The summed E-state index contributed by atoms with van der Waals surface area (Å²) in [5.74, 6) is 0.979. The first-order valence-corrected chi connectivity index (χ1v) is 10.5. The van der Waals surface area contributed by atoms with E-state index in [-0.39, 0.29) is 6.04 Å². The van der Waals surface area contributed by atoms with Crippen LogP contribution in [0, 0.1) is 6.92 Å². The number of anilines is 1. The number of hydrogen-bond acceptors (Lipinski definition) is 4.